The summed E-state index contributed by atoms with van der Waals surface area (Å²) in [7, 11) is -4.09. The maximum Gasteiger partial charge on any atom is 0.264 e. The Morgan fingerprint density at radius 1 is 0.850 bits per heavy atom. The maximum atomic E-state index is 14.1. The molecule has 40 heavy (non-hydrogen) atoms. The molecule has 3 aromatic rings. The zero-order valence-electron chi connectivity index (χ0n) is 24.6. The van der Waals surface area contributed by atoms with Crippen LogP contribution in [0.2, 0.25) is 0 Å². The molecule has 0 heterocycles. The quantitative estimate of drug-likeness (QED) is 0.336. The van der Waals surface area contributed by atoms with Crippen LogP contribution >= 0.6 is 0 Å². The van der Waals surface area contributed by atoms with E-state index in [1.807, 2.05) is 71.9 Å². The van der Waals surface area contributed by atoms with Crippen LogP contribution in [0, 0.1) is 27.7 Å². The molecule has 0 saturated carbocycles. The first kappa shape index (κ1) is 30.9. The number of anilines is 1. The van der Waals surface area contributed by atoms with Crippen LogP contribution < -0.4 is 9.62 Å². The first-order valence-corrected chi connectivity index (χ1v) is 15.1. The monoisotopic (exact) mass is 563 g/mol. The second-order valence-corrected chi connectivity index (χ2v) is 12.4. The van der Waals surface area contributed by atoms with Gasteiger partial charge in [0.15, 0.2) is 0 Å². The fourth-order valence-corrected chi connectivity index (χ4v) is 5.67. The Morgan fingerprint density at radius 3 is 2.10 bits per heavy atom. The van der Waals surface area contributed by atoms with Crippen molar-refractivity contribution in [3.05, 3.63) is 94.5 Å². The highest BCUT2D eigenvalue weighted by atomic mass is 32.2. The number of aryl methyl sites for hydroxylation is 4. The minimum Gasteiger partial charge on any atom is -0.352 e. The predicted octanol–water partition coefficient (Wildman–Crippen LogP) is 5.45. The predicted molar refractivity (Wildman–Crippen MR) is 161 cm³/mol. The Kier molecular flexibility index (Phi) is 10.1. The van der Waals surface area contributed by atoms with Gasteiger partial charge in [0.05, 0.1) is 10.6 Å². The SMILES string of the molecule is CCC(C)NC(=O)C(C)N(Cc1ccccc1C)C(=O)CN(c1ccc(C)c(C)c1)S(=O)(=O)c1ccc(C)cc1. The van der Waals surface area contributed by atoms with E-state index in [9.17, 15) is 18.0 Å². The highest BCUT2D eigenvalue weighted by molar-refractivity contribution is 7.92. The number of amides is 2. The fourth-order valence-electron chi connectivity index (χ4n) is 4.27. The largest absolute Gasteiger partial charge is 0.352 e. The molecule has 0 spiro atoms. The lowest BCUT2D eigenvalue weighted by molar-refractivity contribution is -0.139. The molecule has 3 rings (SSSR count). The van der Waals surface area contributed by atoms with Crippen molar-refractivity contribution in [1.82, 2.24) is 10.2 Å². The van der Waals surface area contributed by atoms with E-state index < -0.39 is 28.5 Å². The molecule has 0 aromatic heterocycles. The molecule has 7 nitrogen and oxygen atoms in total. The van der Waals surface area contributed by atoms with Gasteiger partial charge in [-0.1, -0.05) is 55.0 Å². The van der Waals surface area contributed by atoms with E-state index in [0.29, 0.717) is 5.69 Å². The normalized spacial score (nSPS) is 12.9. The summed E-state index contributed by atoms with van der Waals surface area (Å²) in [5, 5.41) is 2.96. The van der Waals surface area contributed by atoms with Crippen molar-refractivity contribution in [1.29, 1.82) is 0 Å². The van der Waals surface area contributed by atoms with Crippen molar-refractivity contribution in [2.24, 2.45) is 0 Å². The van der Waals surface area contributed by atoms with Crippen molar-refractivity contribution >= 4 is 27.5 Å². The summed E-state index contributed by atoms with van der Waals surface area (Å²) in [4.78, 5) is 28.8. The molecule has 0 radical (unpaired) electrons. The summed E-state index contributed by atoms with van der Waals surface area (Å²) in [5.74, 6) is -0.751. The fraction of sp³-hybridized carbons (Fsp3) is 0.375. The standard InChI is InChI=1S/C32H41N3O4S/c1-8-26(6)33-32(37)27(7)34(20-28-12-10-9-11-24(28)4)31(36)21-35(29-16-15-23(3)25(5)19-29)40(38,39)30-17-13-22(2)14-18-30/h9-19,26-27H,8,20-21H2,1-7H3,(H,33,37). The summed E-state index contributed by atoms with van der Waals surface area (Å²) >= 11 is 0. The summed E-state index contributed by atoms with van der Waals surface area (Å²) < 4.78 is 29.1. The van der Waals surface area contributed by atoms with Gasteiger partial charge < -0.3 is 10.2 Å². The number of benzene rings is 3. The van der Waals surface area contributed by atoms with Gasteiger partial charge in [-0.3, -0.25) is 13.9 Å². The Hall–Kier alpha value is -3.65. The molecular formula is C32H41N3O4S. The number of carbonyl (C=O) groups excluding carboxylic acids is 2. The van der Waals surface area contributed by atoms with Crippen LogP contribution in [-0.4, -0.2) is 43.8 Å². The average Bonchev–Trinajstić information content (AvgIpc) is 2.92. The molecule has 8 heteroatoms. The van der Waals surface area contributed by atoms with Crippen molar-refractivity contribution in [2.75, 3.05) is 10.8 Å². The molecule has 0 aliphatic heterocycles. The lowest BCUT2D eigenvalue weighted by atomic mass is 10.1. The van der Waals surface area contributed by atoms with E-state index >= 15 is 0 Å². The number of rotatable bonds is 11. The van der Waals surface area contributed by atoms with Crippen molar-refractivity contribution in [3.8, 4) is 0 Å². The minimum atomic E-state index is -4.09. The smallest absolute Gasteiger partial charge is 0.264 e. The topological polar surface area (TPSA) is 86.8 Å². The molecule has 0 aliphatic rings. The number of carbonyl (C=O) groups is 2. The van der Waals surface area contributed by atoms with Crippen LogP contribution in [0.1, 0.15) is 55.0 Å². The minimum absolute atomic E-state index is 0.0562. The van der Waals surface area contributed by atoms with Crippen LogP contribution in [0.3, 0.4) is 0 Å². The highest BCUT2D eigenvalue weighted by Gasteiger charge is 2.33. The van der Waals surface area contributed by atoms with Crippen LogP contribution in [0.5, 0.6) is 0 Å². The second-order valence-electron chi connectivity index (χ2n) is 10.5. The van der Waals surface area contributed by atoms with Crippen molar-refractivity contribution in [2.45, 2.75) is 78.4 Å². The molecule has 1 N–H and O–H groups in total. The molecule has 2 atom stereocenters. The van der Waals surface area contributed by atoms with Gasteiger partial charge in [0.2, 0.25) is 11.8 Å². The van der Waals surface area contributed by atoms with Gasteiger partial charge in [-0.05, 0) is 94.5 Å². The van der Waals surface area contributed by atoms with Crippen LogP contribution in [0.25, 0.3) is 0 Å². The summed E-state index contributed by atoms with van der Waals surface area (Å²) in [6.07, 6.45) is 0.750. The number of nitrogens with zero attached hydrogens (tertiary/aromatic N) is 2. The van der Waals surface area contributed by atoms with Gasteiger partial charge in [-0.15, -0.1) is 0 Å². The molecule has 214 valence electrons. The number of nitrogens with one attached hydrogen (secondary N) is 1. The molecule has 0 saturated heterocycles. The van der Waals surface area contributed by atoms with E-state index in [-0.39, 0.29) is 23.4 Å². The van der Waals surface area contributed by atoms with Gasteiger partial charge in [0.1, 0.15) is 12.6 Å². The Morgan fingerprint density at radius 2 is 1.50 bits per heavy atom. The lowest BCUT2D eigenvalue weighted by Crippen LogP contribution is -2.52. The van der Waals surface area contributed by atoms with Crippen LogP contribution in [-0.2, 0) is 26.2 Å². The van der Waals surface area contributed by atoms with Gasteiger partial charge >= 0.3 is 0 Å². The number of hydrogen-bond donors (Lipinski definition) is 1. The van der Waals surface area contributed by atoms with Crippen LogP contribution in [0.4, 0.5) is 5.69 Å². The summed E-state index contributed by atoms with van der Waals surface area (Å²) in [6.45, 7) is 13.0. The maximum absolute atomic E-state index is 14.1. The molecule has 3 aromatic carbocycles. The molecule has 0 fully saturated rings. The van der Waals surface area contributed by atoms with Gasteiger partial charge in [0.25, 0.3) is 10.0 Å². The zero-order chi connectivity index (χ0) is 29.6. The Bertz CT molecular complexity index is 1450. The van der Waals surface area contributed by atoms with E-state index in [1.165, 1.54) is 4.90 Å². The first-order chi connectivity index (χ1) is 18.8. The van der Waals surface area contributed by atoms with Crippen LogP contribution in [0.15, 0.2) is 71.6 Å². The molecule has 0 aliphatic carbocycles. The lowest BCUT2D eigenvalue weighted by Gasteiger charge is -2.33. The third kappa shape index (κ3) is 7.30. The molecule has 0 bridgehead atoms. The van der Waals surface area contributed by atoms with Gasteiger partial charge in [0, 0.05) is 12.6 Å². The average molecular weight is 564 g/mol. The van der Waals surface area contributed by atoms with E-state index in [2.05, 4.69) is 5.32 Å². The number of hydrogen-bond acceptors (Lipinski definition) is 4. The van der Waals surface area contributed by atoms with Gasteiger partial charge in [-0.2, -0.15) is 0 Å². The Labute approximate surface area is 239 Å². The number of sulfonamides is 1. The van der Waals surface area contributed by atoms with Crippen molar-refractivity contribution < 1.29 is 18.0 Å². The Balaban J connectivity index is 2.06. The third-order valence-corrected chi connectivity index (χ3v) is 9.22. The van der Waals surface area contributed by atoms with Gasteiger partial charge in [-0.25, -0.2) is 8.42 Å². The summed E-state index contributed by atoms with van der Waals surface area (Å²) in [5.41, 5.74) is 5.11. The van der Waals surface area contributed by atoms with E-state index in [4.69, 9.17) is 0 Å². The molecule has 2 amide bonds. The summed E-state index contributed by atoms with van der Waals surface area (Å²) in [6, 6.07) is 18.7. The van der Waals surface area contributed by atoms with E-state index in [1.54, 1.807) is 43.3 Å². The zero-order valence-corrected chi connectivity index (χ0v) is 25.4. The highest BCUT2D eigenvalue weighted by Crippen LogP contribution is 2.27. The molecular weight excluding hydrogens is 522 g/mol. The van der Waals surface area contributed by atoms with E-state index in [0.717, 1.165) is 38.5 Å². The first-order valence-electron chi connectivity index (χ1n) is 13.7. The second kappa shape index (κ2) is 13.1. The third-order valence-electron chi connectivity index (χ3n) is 7.44. The van der Waals surface area contributed by atoms with Crippen molar-refractivity contribution in [3.63, 3.8) is 0 Å². The molecule has 2 unspecified atom stereocenters.